The summed E-state index contributed by atoms with van der Waals surface area (Å²) in [6.07, 6.45) is 4.35. The second kappa shape index (κ2) is 5.54. The predicted molar refractivity (Wildman–Crippen MR) is 92.5 cm³/mol. The van der Waals surface area contributed by atoms with Gasteiger partial charge in [0.25, 0.3) is 0 Å². The highest BCUT2D eigenvalue weighted by Gasteiger charge is 2.48. The van der Waals surface area contributed by atoms with E-state index in [1.54, 1.807) is 17.8 Å². The quantitative estimate of drug-likeness (QED) is 0.790. The molecule has 5 nitrogen and oxygen atoms in total. The Balaban J connectivity index is 1.69. The number of nitrogens with zero attached hydrogens (tertiary/aromatic N) is 1. The average Bonchev–Trinajstić information content (AvgIpc) is 2.56. The molecule has 0 aromatic carbocycles. The zero-order valence-corrected chi connectivity index (χ0v) is 14.0. The van der Waals surface area contributed by atoms with Gasteiger partial charge in [-0.05, 0) is 38.2 Å². The fourth-order valence-corrected chi connectivity index (χ4v) is 5.58. The molecule has 1 aliphatic carbocycles. The fourth-order valence-electron chi connectivity index (χ4n) is 3.93. The summed E-state index contributed by atoms with van der Waals surface area (Å²) in [6.45, 7) is 0. The molecule has 0 amide bonds. The van der Waals surface area contributed by atoms with Crippen molar-refractivity contribution in [2.75, 3.05) is 5.75 Å². The van der Waals surface area contributed by atoms with E-state index < -0.39 is 11.9 Å². The Morgan fingerprint density at radius 3 is 2.79 bits per heavy atom. The van der Waals surface area contributed by atoms with E-state index in [1.165, 1.54) is 6.07 Å². The molecule has 2 aromatic rings. The van der Waals surface area contributed by atoms with Crippen LogP contribution in [0.25, 0.3) is 11.0 Å². The highest BCUT2D eigenvalue weighted by Crippen LogP contribution is 2.54. The number of aliphatic hydroxyl groups excluding tert-OH is 1. The number of pyridine rings is 2. The topological polar surface area (TPSA) is 92.0 Å². The van der Waals surface area contributed by atoms with Crippen LogP contribution in [0, 0.1) is 5.82 Å². The summed E-state index contributed by atoms with van der Waals surface area (Å²) in [5, 5.41) is 10.8. The minimum absolute atomic E-state index is 0.0579. The van der Waals surface area contributed by atoms with E-state index in [1.807, 2.05) is 0 Å². The first kappa shape index (κ1) is 16.1. The predicted octanol–water partition coefficient (Wildman–Crippen LogP) is 2.24. The Hall–Kier alpha value is -1.44. The molecule has 2 bridgehead atoms. The lowest BCUT2D eigenvalue weighted by molar-refractivity contribution is 0.126. The summed E-state index contributed by atoms with van der Waals surface area (Å²) in [4.78, 5) is 18.2. The summed E-state index contributed by atoms with van der Waals surface area (Å²) >= 11 is 1.80. The summed E-state index contributed by atoms with van der Waals surface area (Å²) in [5.74, 6) is 0.300. The summed E-state index contributed by atoms with van der Waals surface area (Å²) < 4.78 is 14.3. The molecule has 7 heteroatoms. The van der Waals surface area contributed by atoms with E-state index in [9.17, 15) is 14.3 Å². The van der Waals surface area contributed by atoms with Crippen molar-refractivity contribution in [3.63, 3.8) is 0 Å². The van der Waals surface area contributed by atoms with Crippen molar-refractivity contribution in [3.8, 4) is 0 Å². The molecule has 2 aromatic heterocycles. The molecule has 3 fully saturated rings. The second-order valence-electron chi connectivity index (χ2n) is 7.16. The number of rotatable bonds is 3. The first-order valence-corrected chi connectivity index (χ1v) is 9.17. The number of aromatic nitrogens is 2. The molecular weight excluding hydrogens is 329 g/mol. The smallest absolute Gasteiger partial charge is 0.248 e. The third-order valence-electron chi connectivity index (χ3n) is 5.46. The highest BCUT2D eigenvalue weighted by atomic mass is 32.2. The van der Waals surface area contributed by atoms with Crippen LogP contribution in [0.2, 0.25) is 0 Å². The number of hydrogen-bond acceptors (Lipinski definition) is 5. The van der Waals surface area contributed by atoms with Crippen LogP contribution in [0.5, 0.6) is 0 Å². The van der Waals surface area contributed by atoms with Gasteiger partial charge in [-0.3, -0.25) is 9.78 Å². The first-order chi connectivity index (χ1) is 11.4. The van der Waals surface area contributed by atoms with Gasteiger partial charge in [-0.15, -0.1) is 0 Å². The number of H-pyrrole nitrogens is 1. The van der Waals surface area contributed by atoms with Crippen molar-refractivity contribution in [2.45, 2.75) is 48.5 Å². The van der Waals surface area contributed by atoms with Crippen LogP contribution >= 0.6 is 11.8 Å². The van der Waals surface area contributed by atoms with Crippen LogP contribution in [-0.2, 0) is 0 Å². The average molecular weight is 349 g/mol. The molecule has 0 spiro atoms. The number of thioether (sulfide) groups is 1. The molecule has 2 saturated heterocycles. The molecule has 24 heavy (non-hydrogen) atoms. The van der Waals surface area contributed by atoms with Gasteiger partial charge in [-0.25, -0.2) is 4.39 Å². The van der Waals surface area contributed by atoms with Gasteiger partial charge in [0.2, 0.25) is 5.56 Å². The number of hydrogen-bond donors (Lipinski definition) is 3. The van der Waals surface area contributed by atoms with Crippen molar-refractivity contribution < 1.29 is 9.50 Å². The van der Waals surface area contributed by atoms with Crippen molar-refractivity contribution in [3.05, 3.63) is 40.1 Å². The van der Waals surface area contributed by atoms with Gasteiger partial charge in [0, 0.05) is 27.7 Å². The molecule has 1 saturated carbocycles. The first-order valence-electron chi connectivity index (χ1n) is 8.18. The molecule has 3 aliphatic rings. The molecule has 0 radical (unpaired) electrons. The standard InChI is InChI=1S/C17H20FN3O2S/c18-10-8-20-11-1-2-13(23)21-15(11)14(10)12(22)7-17-5-3-16(19,4-6-17)9-24-17/h1-2,8,12,22H,3-7,9,19H2,(H,21,23). The Morgan fingerprint density at radius 2 is 2.12 bits per heavy atom. The number of nitrogens with one attached hydrogen (secondary N) is 1. The monoisotopic (exact) mass is 349 g/mol. The summed E-state index contributed by atoms with van der Waals surface area (Å²) in [5.41, 5.74) is 6.82. The van der Waals surface area contributed by atoms with Crippen molar-refractivity contribution >= 4 is 22.8 Å². The molecule has 4 heterocycles. The zero-order valence-electron chi connectivity index (χ0n) is 13.2. The summed E-state index contributed by atoms with van der Waals surface area (Å²) in [6, 6.07) is 2.89. The highest BCUT2D eigenvalue weighted by molar-refractivity contribution is 8.00. The SMILES string of the molecule is NC12CCC(CC(O)c3c(F)cnc4ccc(=O)[nH]c34)(CC1)SC2. The van der Waals surface area contributed by atoms with Gasteiger partial charge in [0.1, 0.15) is 5.82 Å². The van der Waals surface area contributed by atoms with Crippen LogP contribution in [0.4, 0.5) is 4.39 Å². The Morgan fingerprint density at radius 1 is 1.38 bits per heavy atom. The van der Waals surface area contributed by atoms with E-state index >= 15 is 0 Å². The number of nitrogens with two attached hydrogens (primary N) is 1. The van der Waals surface area contributed by atoms with E-state index in [4.69, 9.17) is 5.73 Å². The maximum absolute atomic E-state index is 14.4. The number of aromatic amines is 1. The number of halogens is 1. The largest absolute Gasteiger partial charge is 0.388 e. The third-order valence-corrected chi connectivity index (χ3v) is 7.37. The fraction of sp³-hybridized carbons (Fsp3) is 0.529. The van der Waals surface area contributed by atoms with Crippen LogP contribution in [0.3, 0.4) is 0 Å². The van der Waals surface area contributed by atoms with Crippen molar-refractivity contribution in [1.82, 2.24) is 9.97 Å². The molecule has 1 atom stereocenters. The van der Waals surface area contributed by atoms with Crippen LogP contribution in [0.1, 0.15) is 43.8 Å². The minimum atomic E-state index is -0.982. The Labute approximate surface area is 142 Å². The van der Waals surface area contributed by atoms with Crippen LogP contribution in [0.15, 0.2) is 23.1 Å². The molecule has 1 unspecified atom stereocenters. The minimum Gasteiger partial charge on any atom is -0.388 e. The molecule has 4 N–H and O–H groups in total. The molecule has 2 aliphatic heterocycles. The van der Waals surface area contributed by atoms with Crippen molar-refractivity contribution in [2.24, 2.45) is 5.73 Å². The van der Waals surface area contributed by atoms with E-state index in [2.05, 4.69) is 9.97 Å². The van der Waals surface area contributed by atoms with Crippen LogP contribution < -0.4 is 11.3 Å². The molecule has 5 rings (SSSR count). The van der Waals surface area contributed by atoms with E-state index in [0.717, 1.165) is 37.6 Å². The lowest BCUT2D eigenvalue weighted by atomic mass is 9.74. The van der Waals surface area contributed by atoms with E-state index in [-0.39, 0.29) is 26.9 Å². The Bertz CT molecular complexity index is 829. The van der Waals surface area contributed by atoms with Gasteiger partial charge in [0.15, 0.2) is 0 Å². The molecule has 128 valence electrons. The van der Waals surface area contributed by atoms with Gasteiger partial charge >= 0.3 is 0 Å². The van der Waals surface area contributed by atoms with Gasteiger partial charge in [0.05, 0.1) is 23.3 Å². The van der Waals surface area contributed by atoms with Gasteiger partial charge < -0.3 is 15.8 Å². The maximum atomic E-state index is 14.4. The van der Waals surface area contributed by atoms with Gasteiger partial charge in [-0.1, -0.05) is 0 Å². The third kappa shape index (κ3) is 2.64. The number of fused-ring (bicyclic) bond motifs is 4. The Kier molecular flexibility index (Phi) is 3.71. The second-order valence-corrected chi connectivity index (χ2v) is 8.60. The van der Waals surface area contributed by atoms with Crippen LogP contribution in [-0.4, -0.2) is 31.1 Å². The summed E-state index contributed by atoms with van der Waals surface area (Å²) in [7, 11) is 0. The lowest BCUT2D eigenvalue weighted by Gasteiger charge is -2.52. The number of aliphatic hydroxyl groups is 1. The van der Waals surface area contributed by atoms with Crippen molar-refractivity contribution in [1.29, 1.82) is 0 Å². The maximum Gasteiger partial charge on any atom is 0.248 e. The van der Waals surface area contributed by atoms with Gasteiger partial charge in [-0.2, -0.15) is 11.8 Å². The van der Waals surface area contributed by atoms with E-state index in [0.29, 0.717) is 11.9 Å². The normalized spacial score (nSPS) is 30.6. The lowest BCUT2D eigenvalue weighted by Crippen LogP contribution is -2.55. The zero-order chi connectivity index (χ0) is 16.9. The molecular formula is C17H20FN3O2S.